The van der Waals surface area contributed by atoms with Crippen molar-refractivity contribution in [3.05, 3.63) is 0 Å². The monoisotopic (exact) mass is 170 g/mol. The molecule has 0 bridgehead atoms. The van der Waals surface area contributed by atoms with Crippen molar-refractivity contribution >= 4 is 5.78 Å². The summed E-state index contributed by atoms with van der Waals surface area (Å²) in [6.07, 6.45) is 2.93. The van der Waals surface area contributed by atoms with E-state index in [1.165, 1.54) is 0 Å². The highest BCUT2D eigenvalue weighted by Gasteiger charge is 2.17. The van der Waals surface area contributed by atoms with Crippen molar-refractivity contribution in [1.29, 1.82) is 0 Å². The first-order valence-electron chi connectivity index (χ1n) is 4.92. The van der Waals surface area contributed by atoms with E-state index in [4.69, 9.17) is 0 Å². The number of ketones is 1. The van der Waals surface area contributed by atoms with Gasteiger partial charge in [-0.25, -0.2) is 0 Å². The third-order valence-electron chi connectivity index (χ3n) is 2.65. The standard InChI is InChI=1S/C11H22O/c1-6-11(4,5)8-7-10(12)9(2)3/h9H,6-8H2,1-5H3. The van der Waals surface area contributed by atoms with Crippen LogP contribution in [-0.2, 0) is 4.79 Å². The Morgan fingerprint density at radius 1 is 1.33 bits per heavy atom. The first-order chi connectivity index (χ1) is 5.39. The summed E-state index contributed by atoms with van der Waals surface area (Å²) in [6.45, 7) is 10.6. The highest BCUT2D eigenvalue weighted by Crippen LogP contribution is 2.26. The zero-order chi connectivity index (χ0) is 9.78. The lowest BCUT2D eigenvalue weighted by atomic mass is 9.83. The molecule has 1 heteroatoms. The van der Waals surface area contributed by atoms with Gasteiger partial charge < -0.3 is 0 Å². The highest BCUT2D eigenvalue weighted by molar-refractivity contribution is 5.80. The summed E-state index contributed by atoms with van der Waals surface area (Å²) in [6, 6.07) is 0. The summed E-state index contributed by atoms with van der Waals surface area (Å²) in [5.74, 6) is 0.606. The summed E-state index contributed by atoms with van der Waals surface area (Å²) in [7, 11) is 0. The van der Waals surface area contributed by atoms with Crippen molar-refractivity contribution in [3.8, 4) is 0 Å². The SMILES string of the molecule is CCC(C)(C)CCC(=O)C(C)C. The van der Waals surface area contributed by atoms with Crippen LogP contribution < -0.4 is 0 Å². The fraction of sp³-hybridized carbons (Fsp3) is 0.909. The summed E-state index contributed by atoms with van der Waals surface area (Å²) >= 11 is 0. The molecule has 0 rings (SSSR count). The van der Waals surface area contributed by atoms with E-state index in [0.29, 0.717) is 11.2 Å². The molecule has 0 aliphatic heterocycles. The van der Waals surface area contributed by atoms with Gasteiger partial charge in [-0.3, -0.25) is 4.79 Å². The van der Waals surface area contributed by atoms with Crippen LogP contribution in [0.5, 0.6) is 0 Å². The fourth-order valence-electron chi connectivity index (χ4n) is 0.927. The molecule has 0 aromatic carbocycles. The maximum Gasteiger partial charge on any atom is 0.135 e. The number of rotatable bonds is 5. The van der Waals surface area contributed by atoms with Crippen LogP contribution in [0.15, 0.2) is 0 Å². The number of Topliss-reactive ketones (excluding diaryl/α,β-unsaturated/α-hetero) is 1. The van der Waals surface area contributed by atoms with Crippen LogP contribution in [0.4, 0.5) is 0 Å². The quantitative estimate of drug-likeness (QED) is 0.618. The van der Waals surface area contributed by atoms with Crippen LogP contribution in [0, 0.1) is 11.3 Å². The normalized spacial score (nSPS) is 12.2. The Morgan fingerprint density at radius 3 is 2.17 bits per heavy atom. The molecule has 1 nitrogen and oxygen atoms in total. The van der Waals surface area contributed by atoms with Gasteiger partial charge in [-0.05, 0) is 11.8 Å². The summed E-state index contributed by atoms with van der Waals surface area (Å²) < 4.78 is 0. The van der Waals surface area contributed by atoms with E-state index in [0.717, 1.165) is 19.3 Å². The first-order valence-corrected chi connectivity index (χ1v) is 4.92. The maximum absolute atomic E-state index is 11.3. The van der Waals surface area contributed by atoms with Crippen molar-refractivity contribution in [2.24, 2.45) is 11.3 Å². The third kappa shape index (κ3) is 4.53. The van der Waals surface area contributed by atoms with Gasteiger partial charge in [-0.2, -0.15) is 0 Å². The molecule has 0 aromatic rings. The fourth-order valence-corrected chi connectivity index (χ4v) is 0.927. The minimum absolute atomic E-state index is 0.206. The number of carbonyl (C=O) groups is 1. The summed E-state index contributed by atoms with van der Waals surface area (Å²) in [5, 5.41) is 0. The van der Waals surface area contributed by atoms with E-state index in [2.05, 4.69) is 20.8 Å². The van der Waals surface area contributed by atoms with Gasteiger partial charge in [-0.1, -0.05) is 41.0 Å². The molecule has 12 heavy (non-hydrogen) atoms. The molecule has 0 saturated carbocycles. The molecule has 0 radical (unpaired) electrons. The van der Waals surface area contributed by atoms with Gasteiger partial charge in [0.05, 0.1) is 0 Å². The van der Waals surface area contributed by atoms with E-state index >= 15 is 0 Å². The minimum atomic E-state index is 0.206. The van der Waals surface area contributed by atoms with Crippen LogP contribution in [0.1, 0.15) is 53.9 Å². The third-order valence-corrected chi connectivity index (χ3v) is 2.65. The van der Waals surface area contributed by atoms with E-state index in [-0.39, 0.29) is 5.92 Å². The van der Waals surface area contributed by atoms with Gasteiger partial charge in [0, 0.05) is 12.3 Å². The van der Waals surface area contributed by atoms with Crippen LogP contribution >= 0.6 is 0 Å². The Kier molecular flexibility index (Phi) is 4.51. The molecule has 0 unspecified atom stereocenters. The lowest BCUT2D eigenvalue weighted by molar-refractivity contribution is -0.122. The van der Waals surface area contributed by atoms with Crippen molar-refractivity contribution in [2.45, 2.75) is 53.9 Å². The topological polar surface area (TPSA) is 17.1 Å². The summed E-state index contributed by atoms with van der Waals surface area (Å²) in [5.41, 5.74) is 0.338. The van der Waals surface area contributed by atoms with Crippen LogP contribution in [0.2, 0.25) is 0 Å². The van der Waals surface area contributed by atoms with Gasteiger partial charge in [0.15, 0.2) is 0 Å². The summed E-state index contributed by atoms with van der Waals surface area (Å²) in [4.78, 5) is 11.3. The van der Waals surface area contributed by atoms with Gasteiger partial charge in [0.25, 0.3) is 0 Å². The van der Waals surface area contributed by atoms with Gasteiger partial charge in [0.1, 0.15) is 5.78 Å². The Balaban J connectivity index is 3.76. The smallest absolute Gasteiger partial charge is 0.135 e. The molecule has 0 aliphatic rings. The van der Waals surface area contributed by atoms with Crippen LogP contribution in [-0.4, -0.2) is 5.78 Å². The lowest BCUT2D eigenvalue weighted by Crippen LogP contribution is -2.14. The number of carbonyl (C=O) groups excluding carboxylic acids is 1. The lowest BCUT2D eigenvalue weighted by Gasteiger charge is -2.22. The van der Waals surface area contributed by atoms with E-state index < -0.39 is 0 Å². The molecule has 0 aliphatic carbocycles. The Hall–Kier alpha value is -0.330. The van der Waals surface area contributed by atoms with Gasteiger partial charge >= 0.3 is 0 Å². The highest BCUT2D eigenvalue weighted by atomic mass is 16.1. The second kappa shape index (κ2) is 4.64. The average Bonchev–Trinajstić information content (AvgIpc) is 2.00. The predicted molar refractivity (Wildman–Crippen MR) is 53.2 cm³/mol. The minimum Gasteiger partial charge on any atom is -0.299 e. The second-order valence-corrected chi connectivity index (χ2v) is 4.64. The molecular weight excluding hydrogens is 148 g/mol. The zero-order valence-corrected chi connectivity index (χ0v) is 9.11. The molecular formula is C11H22O. The van der Waals surface area contributed by atoms with Crippen LogP contribution in [0.25, 0.3) is 0 Å². The van der Waals surface area contributed by atoms with Crippen molar-refractivity contribution in [1.82, 2.24) is 0 Å². The molecule has 0 amide bonds. The molecule has 0 fully saturated rings. The Bertz CT molecular complexity index is 145. The van der Waals surface area contributed by atoms with E-state index in [9.17, 15) is 4.79 Å². The maximum atomic E-state index is 11.3. The molecule has 0 heterocycles. The van der Waals surface area contributed by atoms with Gasteiger partial charge in [-0.15, -0.1) is 0 Å². The Labute approximate surface area is 76.6 Å². The zero-order valence-electron chi connectivity index (χ0n) is 9.11. The molecule has 0 saturated heterocycles. The molecule has 0 aromatic heterocycles. The molecule has 0 N–H and O–H groups in total. The molecule has 0 atom stereocenters. The van der Waals surface area contributed by atoms with Crippen molar-refractivity contribution in [2.75, 3.05) is 0 Å². The number of hydrogen-bond donors (Lipinski definition) is 0. The van der Waals surface area contributed by atoms with Crippen molar-refractivity contribution in [3.63, 3.8) is 0 Å². The van der Waals surface area contributed by atoms with Crippen LogP contribution in [0.3, 0.4) is 0 Å². The van der Waals surface area contributed by atoms with E-state index in [1.807, 2.05) is 13.8 Å². The second-order valence-electron chi connectivity index (χ2n) is 4.64. The van der Waals surface area contributed by atoms with Crippen molar-refractivity contribution < 1.29 is 4.79 Å². The first kappa shape index (κ1) is 11.7. The predicted octanol–water partition coefficient (Wildman–Crippen LogP) is 3.43. The largest absolute Gasteiger partial charge is 0.299 e. The Morgan fingerprint density at radius 2 is 1.83 bits per heavy atom. The molecule has 0 spiro atoms. The van der Waals surface area contributed by atoms with Gasteiger partial charge in [0.2, 0.25) is 0 Å². The molecule has 72 valence electrons. The average molecular weight is 170 g/mol. The number of hydrogen-bond acceptors (Lipinski definition) is 1. The van der Waals surface area contributed by atoms with E-state index in [1.54, 1.807) is 0 Å².